The van der Waals surface area contributed by atoms with Crippen LogP contribution in [0.2, 0.25) is 0 Å². The zero-order valence-corrected chi connectivity index (χ0v) is 11.9. The highest BCUT2D eigenvalue weighted by atomic mass is 32.2. The molecule has 1 atom stereocenters. The number of aromatic nitrogens is 2. The molecule has 0 bridgehead atoms. The fourth-order valence-electron chi connectivity index (χ4n) is 2.19. The van der Waals surface area contributed by atoms with Gasteiger partial charge in [-0.15, -0.1) is 0 Å². The summed E-state index contributed by atoms with van der Waals surface area (Å²) in [6.07, 6.45) is 2.80. The molecule has 0 amide bonds. The molecule has 0 aliphatic carbocycles. The highest BCUT2D eigenvalue weighted by Gasteiger charge is 2.30. The Morgan fingerprint density at radius 1 is 1.65 bits per heavy atom. The maximum absolute atomic E-state index is 12.3. The number of aromatic amines is 1. The average molecular weight is 303 g/mol. The van der Waals surface area contributed by atoms with Crippen LogP contribution in [-0.2, 0) is 14.8 Å². The number of nitrogens with one attached hydrogen (secondary N) is 1. The summed E-state index contributed by atoms with van der Waals surface area (Å²) in [5.41, 5.74) is -0.350. The van der Waals surface area contributed by atoms with Crippen LogP contribution in [0.5, 0.6) is 0 Å². The lowest BCUT2D eigenvalue weighted by molar-refractivity contribution is 0.0495. The standard InChI is InChI=1S/C11H17N3O5S/c1-14(6-8-3-2-4-19-7-8)20(17,18)10-9(11(15)16)5-12-13-10/h5,8H,2-4,6-7H2,1H3,(H,12,13)(H,15,16). The smallest absolute Gasteiger partial charge is 0.340 e. The number of hydrogen-bond donors (Lipinski definition) is 2. The van der Waals surface area contributed by atoms with Gasteiger partial charge in [-0.05, 0) is 18.8 Å². The van der Waals surface area contributed by atoms with Crippen LogP contribution in [0.1, 0.15) is 23.2 Å². The van der Waals surface area contributed by atoms with Crippen molar-refractivity contribution in [2.24, 2.45) is 5.92 Å². The predicted molar refractivity (Wildman–Crippen MR) is 68.9 cm³/mol. The molecule has 9 heteroatoms. The van der Waals surface area contributed by atoms with E-state index in [0.717, 1.165) is 23.3 Å². The third kappa shape index (κ3) is 3.00. The molecular formula is C11H17N3O5S. The summed E-state index contributed by atoms with van der Waals surface area (Å²) < 4.78 is 31.1. The average Bonchev–Trinajstić information content (AvgIpc) is 2.89. The van der Waals surface area contributed by atoms with Gasteiger partial charge in [0.05, 0.1) is 12.8 Å². The third-order valence-electron chi connectivity index (χ3n) is 3.27. The van der Waals surface area contributed by atoms with E-state index in [2.05, 4.69) is 10.2 Å². The summed E-state index contributed by atoms with van der Waals surface area (Å²) in [6, 6.07) is 0. The molecule has 1 saturated heterocycles. The van der Waals surface area contributed by atoms with Gasteiger partial charge in [0.2, 0.25) is 0 Å². The van der Waals surface area contributed by atoms with Gasteiger partial charge in [0.1, 0.15) is 5.56 Å². The third-order valence-corrected chi connectivity index (χ3v) is 5.07. The minimum atomic E-state index is -3.89. The van der Waals surface area contributed by atoms with Crippen molar-refractivity contribution >= 4 is 16.0 Å². The quantitative estimate of drug-likeness (QED) is 0.801. The lowest BCUT2D eigenvalue weighted by Gasteiger charge is -2.26. The normalized spacial score (nSPS) is 20.2. The largest absolute Gasteiger partial charge is 0.478 e. The Kier molecular flexibility index (Phi) is 4.41. The zero-order valence-electron chi connectivity index (χ0n) is 11.1. The van der Waals surface area contributed by atoms with Crippen molar-refractivity contribution < 1.29 is 23.1 Å². The van der Waals surface area contributed by atoms with Crippen molar-refractivity contribution in [1.82, 2.24) is 14.5 Å². The van der Waals surface area contributed by atoms with Crippen LogP contribution >= 0.6 is 0 Å². The topological polar surface area (TPSA) is 113 Å². The maximum atomic E-state index is 12.3. The van der Waals surface area contributed by atoms with Gasteiger partial charge in [0, 0.05) is 20.2 Å². The van der Waals surface area contributed by atoms with Crippen LogP contribution < -0.4 is 0 Å². The second-order valence-corrected chi connectivity index (χ2v) is 6.77. The van der Waals surface area contributed by atoms with Gasteiger partial charge >= 0.3 is 5.97 Å². The Morgan fingerprint density at radius 2 is 2.40 bits per heavy atom. The number of carboxylic acid groups (broad SMARTS) is 1. The summed E-state index contributed by atoms with van der Waals surface area (Å²) in [4.78, 5) is 11.0. The highest BCUT2D eigenvalue weighted by molar-refractivity contribution is 7.89. The molecule has 1 aromatic heterocycles. The highest BCUT2D eigenvalue weighted by Crippen LogP contribution is 2.20. The van der Waals surface area contributed by atoms with Gasteiger partial charge in [0.15, 0.2) is 5.03 Å². The molecule has 20 heavy (non-hydrogen) atoms. The molecule has 2 heterocycles. The molecule has 1 unspecified atom stereocenters. The van der Waals surface area contributed by atoms with Crippen LogP contribution in [0.15, 0.2) is 11.2 Å². The number of ether oxygens (including phenoxy) is 1. The number of H-pyrrole nitrogens is 1. The van der Waals surface area contributed by atoms with Crippen LogP contribution in [0.25, 0.3) is 0 Å². The Labute approximate surface area is 116 Å². The second kappa shape index (κ2) is 5.90. The van der Waals surface area contributed by atoms with Gasteiger partial charge in [0.25, 0.3) is 10.0 Å². The molecule has 8 nitrogen and oxygen atoms in total. The minimum absolute atomic E-state index is 0.125. The Balaban J connectivity index is 2.16. The molecule has 1 fully saturated rings. The summed E-state index contributed by atoms with van der Waals surface area (Å²) >= 11 is 0. The zero-order chi connectivity index (χ0) is 14.8. The van der Waals surface area contributed by atoms with E-state index in [1.165, 1.54) is 7.05 Å². The van der Waals surface area contributed by atoms with E-state index < -0.39 is 16.0 Å². The molecule has 0 aromatic carbocycles. The number of sulfonamides is 1. The van der Waals surface area contributed by atoms with Gasteiger partial charge in [-0.1, -0.05) is 0 Å². The Bertz CT molecular complexity index is 577. The number of rotatable bonds is 5. The van der Waals surface area contributed by atoms with Crippen molar-refractivity contribution in [3.63, 3.8) is 0 Å². The first-order valence-electron chi connectivity index (χ1n) is 6.23. The first-order chi connectivity index (χ1) is 9.43. The van der Waals surface area contributed by atoms with E-state index in [0.29, 0.717) is 19.8 Å². The van der Waals surface area contributed by atoms with E-state index in [1.54, 1.807) is 0 Å². The van der Waals surface area contributed by atoms with Crippen LogP contribution in [0.3, 0.4) is 0 Å². The first kappa shape index (κ1) is 14.9. The van der Waals surface area contributed by atoms with Crippen LogP contribution in [0, 0.1) is 5.92 Å². The summed E-state index contributed by atoms with van der Waals surface area (Å²) in [7, 11) is -2.46. The van der Waals surface area contributed by atoms with E-state index in [4.69, 9.17) is 9.84 Å². The van der Waals surface area contributed by atoms with Gasteiger partial charge in [-0.25, -0.2) is 13.2 Å². The monoisotopic (exact) mass is 303 g/mol. The first-order valence-corrected chi connectivity index (χ1v) is 7.67. The van der Waals surface area contributed by atoms with Crippen LogP contribution in [-0.4, -0.2) is 60.8 Å². The van der Waals surface area contributed by atoms with Crippen molar-refractivity contribution in [1.29, 1.82) is 0 Å². The van der Waals surface area contributed by atoms with Crippen molar-refractivity contribution in [3.05, 3.63) is 11.8 Å². The fraction of sp³-hybridized carbons (Fsp3) is 0.636. The molecule has 112 valence electrons. The van der Waals surface area contributed by atoms with Gasteiger partial charge < -0.3 is 9.84 Å². The van der Waals surface area contributed by atoms with Crippen LogP contribution in [0.4, 0.5) is 0 Å². The lowest BCUT2D eigenvalue weighted by atomic mass is 10.0. The van der Waals surface area contributed by atoms with Crippen molar-refractivity contribution in [3.8, 4) is 0 Å². The number of carboxylic acids is 1. The second-order valence-electron chi connectivity index (χ2n) is 4.79. The summed E-state index contributed by atoms with van der Waals surface area (Å²) in [5.74, 6) is -1.20. The number of aromatic carboxylic acids is 1. The molecule has 2 N–H and O–H groups in total. The molecule has 0 saturated carbocycles. The van der Waals surface area contributed by atoms with E-state index in [1.807, 2.05) is 0 Å². The van der Waals surface area contributed by atoms with E-state index >= 15 is 0 Å². The molecular weight excluding hydrogens is 286 g/mol. The molecule has 1 aliphatic heterocycles. The lowest BCUT2D eigenvalue weighted by Crippen LogP contribution is -2.35. The molecule has 1 aromatic rings. The Hall–Kier alpha value is -1.45. The summed E-state index contributed by atoms with van der Waals surface area (Å²) in [5, 5.41) is 14.3. The molecule has 1 aliphatic rings. The number of hydrogen-bond acceptors (Lipinski definition) is 5. The molecule has 2 rings (SSSR count). The van der Waals surface area contributed by atoms with Crippen molar-refractivity contribution in [2.75, 3.05) is 26.8 Å². The maximum Gasteiger partial charge on any atom is 0.340 e. The molecule has 0 radical (unpaired) electrons. The fourth-order valence-corrected chi connectivity index (χ4v) is 3.50. The SMILES string of the molecule is CN(CC1CCCOC1)S(=O)(=O)c1[nH]ncc1C(=O)O. The minimum Gasteiger partial charge on any atom is -0.478 e. The number of carbonyl (C=O) groups is 1. The van der Waals surface area contributed by atoms with Crippen molar-refractivity contribution in [2.45, 2.75) is 17.9 Å². The van der Waals surface area contributed by atoms with Gasteiger partial charge in [-0.2, -0.15) is 9.40 Å². The van der Waals surface area contributed by atoms with Gasteiger partial charge in [-0.3, -0.25) is 5.10 Å². The van der Waals surface area contributed by atoms with E-state index in [-0.39, 0.29) is 16.5 Å². The molecule has 0 spiro atoms. The Morgan fingerprint density at radius 3 is 3.00 bits per heavy atom. The number of nitrogens with zero attached hydrogens (tertiary/aromatic N) is 2. The predicted octanol–water partition coefficient (Wildman–Crippen LogP) is 0.155. The van der Waals surface area contributed by atoms with E-state index in [9.17, 15) is 13.2 Å². The summed E-state index contributed by atoms with van der Waals surface area (Å²) in [6.45, 7) is 1.52.